The summed E-state index contributed by atoms with van der Waals surface area (Å²) in [5.41, 5.74) is 2.36. The molecule has 0 spiro atoms. The Bertz CT molecular complexity index is 947. The summed E-state index contributed by atoms with van der Waals surface area (Å²) in [5.74, 6) is 0.624. The van der Waals surface area contributed by atoms with Gasteiger partial charge in [0, 0.05) is 30.3 Å². The second-order valence-electron chi connectivity index (χ2n) is 7.14. The van der Waals surface area contributed by atoms with Crippen molar-refractivity contribution < 1.29 is 13.7 Å². The molecule has 6 nitrogen and oxygen atoms in total. The van der Waals surface area contributed by atoms with E-state index in [0.717, 1.165) is 24.1 Å². The van der Waals surface area contributed by atoms with Gasteiger partial charge in [-0.05, 0) is 62.6 Å². The first-order valence-electron chi connectivity index (χ1n) is 9.07. The van der Waals surface area contributed by atoms with Crippen molar-refractivity contribution in [2.45, 2.75) is 38.6 Å². The Labute approximate surface area is 156 Å². The molecule has 2 aromatic heterocycles. The second kappa shape index (κ2) is 6.98. The molecule has 0 saturated carbocycles. The number of piperidine rings is 1. The Balaban J connectivity index is 1.53. The summed E-state index contributed by atoms with van der Waals surface area (Å²) in [4.78, 5) is 22.3. The maximum Gasteiger partial charge on any atom is 0.274 e. The molecule has 0 unspecified atom stereocenters. The van der Waals surface area contributed by atoms with E-state index < -0.39 is 0 Å². The number of aryl methyl sites for hydroxylation is 1. The highest BCUT2D eigenvalue weighted by atomic mass is 19.1. The van der Waals surface area contributed by atoms with Crippen LogP contribution in [0.2, 0.25) is 0 Å². The number of amides is 1. The fourth-order valence-electron chi connectivity index (χ4n) is 3.50. The molecule has 1 saturated heterocycles. The Kier molecular flexibility index (Phi) is 4.51. The largest absolute Gasteiger partial charge is 0.357 e. The number of nitrogens with zero attached hydrogens (tertiary/aromatic N) is 3. The number of likely N-dealkylation sites (tertiary alicyclic amines) is 1. The smallest absolute Gasteiger partial charge is 0.274 e. The lowest BCUT2D eigenvalue weighted by Crippen LogP contribution is -2.45. The zero-order valence-corrected chi connectivity index (χ0v) is 15.3. The summed E-state index contributed by atoms with van der Waals surface area (Å²) >= 11 is 0. The molecule has 1 aliphatic rings. The Hall–Kier alpha value is -2.96. The van der Waals surface area contributed by atoms with Gasteiger partial charge in [-0.25, -0.2) is 4.39 Å². The zero-order chi connectivity index (χ0) is 19.0. The van der Waals surface area contributed by atoms with Crippen LogP contribution in [0.1, 0.15) is 47.4 Å². The van der Waals surface area contributed by atoms with Crippen LogP contribution < -0.4 is 0 Å². The quantitative estimate of drug-likeness (QED) is 0.760. The van der Waals surface area contributed by atoms with E-state index >= 15 is 0 Å². The predicted octanol–water partition coefficient (Wildman–Crippen LogP) is 3.92. The summed E-state index contributed by atoms with van der Waals surface area (Å²) < 4.78 is 18.5. The van der Waals surface area contributed by atoms with Gasteiger partial charge < -0.3 is 14.4 Å². The van der Waals surface area contributed by atoms with E-state index in [-0.39, 0.29) is 23.7 Å². The summed E-state index contributed by atoms with van der Waals surface area (Å²) in [6, 6.07) is 7.72. The van der Waals surface area contributed by atoms with Crippen molar-refractivity contribution in [1.29, 1.82) is 0 Å². The lowest BCUT2D eigenvalue weighted by atomic mass is 9.92. The van der Waals surface area contributed by atoms with Crippen molar-refractivity contribution in [2.24, 2.45) is 0 Å². The van der Waals surface area contributed by atoms with Gasteiger partial charge in [-0.15, -0.1) is 0 Å². The molecule has 1 amide bonds. The van der Waals surface area contributed by atoms with Crippen molar-refractivity contribution >= 4 is 5.91 Å². The van der Waals surface area contributed by atoms with E-state index in [4.69, 9.17) is 4.52 Å². The van der Waals surface area contributed by atoms with Gasteiger partial charge in [0.1, 0.15) is 11.5 Å². The lowest BCUT2D eigenvalue weighted by molar-refractivity contribution is 0.0604. The lowest BCUT2D eigenvalue weighted by Gasteiger charge is -2.37. The van der Waals surface area contributed by atoms with Crippen LogP contribution in [0, 0.1) is 12.7 Å². The first-order chi connectivity index (χ1) is 13.0. The second-order valence-corrected chi connectivity index (χ2v) is 7.14. The van der Waals surface area contributed by atoms with Crippen molar-refractivity contribution in [2.75, 3.05) is 6.54 Å². The van der Waals surface area contributed by atoms with Gasteiger partial charge in [0.25, 0.3) is 11.8 Å². The Morgan fingerprint density at radius 3 is 2.78 bits per heavy atom. The summed E-state index contributed by atoms with van der Waals surface area (Å²) in [6.07, 6.45) is 3.62. The number of hydrogen-bond acceptors (Lipinski definition) is 4. The number of carbonyl (C=O) groups excluding carboxylic acids is 1. The maximum absolute atomic E-state index is 13.1. The van der Waals surface area contributed by atoms with E-state index in [9.17, 15) is 9.18 Å². The number of rotatable bonds is 3. The molecule has 3 heterocycles. The molecule has 7 heteroatoms. The van der Waals surface area contributed by atoms with Gasteiger partial charge in [-0.3, -0.25) is 4.79 Å². The number of H-pyrrole nitrogens is 1. The van der Waals surface area contributed by atoms with E-state index in [0.29, 0.717) is 23.8 Å². The number of aromatic amines is 1. The standard InChI is InChI=1S/C20H21FN4O2/c1-12-9-17(22-10-12)19-23-18(24-27-19)15-4-3-13(2)25(11-15)20(26)14-5-7-16(21)8-6-14/h5-10,13,15,22H,3-4,11H2,1-2H3/t13-,15+/m1/s1. The fraction of sp³-hybridized carbons (Fsp3) is 0.350. The molecule has 0 radical (unpaired) electrons. The molecular formula is C20H21FN4O2. The molecule has 4 rings (SSSR count). The van der Waals surface area contributed by atoms with Crippen LogP contribution in [-0.2, 0) is 0 Å². The normalized spacial score (nSPS) is 20.0. The molecule has 1 N–H and O–H groups in total. The minimum atomic E-state index is -0.352. The van der Waals surface area contributed by atoms with Crippen molar-refractivity contribution in [3.63, 3.8) is 0 Å². The highest BCUT2D eigenvalue weighted by molar-refractivity contribution is 5.94. The first kappa shape index (κ1) is 17.5. The molecular weight excluding hydrogens is 347 g/mol. The number of nitrogens with one attached hydrogen (secondary N) is 1. The van der Waals surface area contributed by atoms with Crippen LogP contribution in [0.4, 0.5) is 4.39 Å². The molecule has 1 fully saturated rings. The zero-order valence-electron chi connectivity index (χ0n) is 15.3. The molecule has 3 aromatic rings. The maximum atomic E-state index is 13.1. The monoisotopic (exact) mass is 368 g/mol. The van der Waals surface area contributed by atoms with Gasteiger partial charge in [-0.2, -0.15) is 4.98 Å². The van der Waals surface area contributed by atoms with Crippen LogP contribution in [-0.4, -0.2) is 38.5 Å². The number of benzene rings is 1. The molecule has 1 aliphatic heterocycles. The Morgan fingerprint density at radius 1 is 1.30 bits per heavy atom. The minimum Gasteiger partial charge on any atom is -0.357 e. The fourth-order valence-corrected chi connectivity index (χ4v) is 3.50. The number of aromatic nitrogens is 3. The van der Waals surface area contributed by atoms with E-state index in [1.807, 2.05) is 31.0 Å². The topological polar surface area (TPSA) is 75.0 Å². The third-order valence-corrected chi connectivity index (χ3v) is 5.10. The Morgan fingerprint density at radius 2 is 2.07 bits per heavy atom. The van der Waals surface area contributed by atoms with Crippen LogP contribution in [0.15, 0.2) is 41.1 Å². The molecule has 0 aliphatic carbocycles. The predicted molar refractivity (Wildman–Crippen MR) is 97.7 cm³/mol. The van der Waals surface area contributed by atoms with Gasteiger partial charge in [0.15, 0.2) is 5.82 Å². The van der Waals surface area contributed by atoms with Crippen molar-refractivity contribution in [3.8, 4) is 11.6 Å². The molecule has 1 aromatic carbocycles. The summed E-state index contributed by atoms with van der Waals surface area (Å²) in [7, 11) is 0. The molecule has 0 bridgehead atoms. The first-order valence-corrected chi connectivity index (χ1v) is 9.07. The average Bonchev–Trinajstić information content (AvgIpc) is 3.31. The highest BCUT2D eigenvalue weighted by Crippen LogP contribution is 2.30. The SMILES string of the molecule is Cc1c[nH]c(-c2nc([C@H]3CC[C@@H](C)N(C(=O)c4ccc(F)cc4)C3)no2)c1. The highest BCUT2D eigenvalue weighted by Gasteiger charge is 2.32. The van der Waals surface area contributed by atoms with Crippen molar-refractivity contribution in [1.82, 2.24) is 20.0 Å². The van der Waals surface area contributed by atoms with Crippen LogP contribution in [0.3, 0.4) is 0 Å². The summed E-state index contributed by atoms with van der Waals surface area (Å²) in [6.45, 7) is 4.53. The van der Waals surface area contributed by atoms with Gasteiger partial charge in [0.2, 0.25) is 0 Å². The summed E-state index contributed by atoms with van der Waals surface area (Å²) in [5, 5.41) is 4.13. The van der Waals surface area contributed by atoms with Crippen molar-refractivity contribution in [3.05, 3.63) is 59.3 Å². The number of hydrogen-bond donors (Lipinski definition) is 1. The van der Waals surface area contributed by atoms with E-state index in [1.54, 1.807) is 0 Å². The van der Waals surface area contributed by atoms with Crippen LogP contribution >= 0.6 is 0 Å². The average molecular weight is 368 g/mol. The van der Waals surface area contributed by atoms with E-state index in [1.165, 1.54) is 24.3 Å². The van der Waals surface area contributed by atoms with Crippen LogP contribution in [0.5, 0.6) is 0 Å². The third-order valence-electron chi connectivity index (χ3n) is 5.10. The van der Waals surface area contributed by atoms with Gasteiger partial charge in [-0.1, -0.05) is 5.16 Å². The third kappa shape index (κ3) is 3.49. The van der Waals surface area contributed by atoms with Crippen LogP contribution in [0.25, 0.3) is 11.6 Å². The molecule has 140 valence electrons. The van der Waals surface area contributed by atoms with Gasteiger partial charge >= 0.3 is 0 Å². The molecule has 2 atom stereocenters. The number of halogens is 1. The van der Waals surface area contributed by atoms with Gasteiger partial charge in [0.05, 0.1) is 0 Å². The minimum absolute atomic E-state index is 0.0131. The number of carbonyl (C=O) groups is 1. The molecule has 27 heavy (non-hydrogen) atoms. The van der Waals surface area contributed by atoms with E-state index in [2.05, 4.69) is 15.1 Å².